The summed E-state index contributed by atoms with van der Waals surface area (Å²) in [5.41, 5.74) is -0.920. The number of carbonyl (C=O) groups is 2. The molecule has 1 aromatic heterocycles. The minimum Gasteiger partial charge on any atom is -0.480 e. The predicted molar refractivity (Wildman–Crippen MR) is 71.3 cm³/mol. The number of nitrogens with zero attached hydrogens (tertiary/aromatic N) is 2. The van der Waals surface area contributed by atoms with Crippen LogP contribution in [0.25, 0.3) is 0 Å². The van der Waals surface area contributed by atoms with E-state index in [2.05, 4.69) is 10.5 Å². The van der Waals surface area contributed by atoms with Crippen LogP contribution in [-0.2, 0) is 9.59 Å². The highest BCUT2D eigenvalue weighted by atomic mass is 16.5. The van der Waals surface area contributed by atoms with Crippen molar-refractivity contribution in [2.24, 2.45) is 0 Å². The SMILES string of the molecule is CCC1(C(=O)O)CCCN1CC(=O)Nc1cc(C)on1. The number of aliphatic carboxylic acids is 1. The van der Waals surface area contributed by atoms with Crippen molar-refractivity contribution < 1.29 is 19.2 Å². The van der Waals surface area contributed by atoms with Gasteiger partial charge in [-0.3, -0.25) is 14.5 Å². The molecule has 1 fully saturated rings. The Morgan fingerprint density at radius 1 is 1.60 bits per heavy atom. The Balaban J connectivity index is 2.01. The fourth-order valence-corrected chi connectivity index (χ4v) is 2.74. The van der Waals surface area contributed by atoms with Crippen molar-refractivity contribution >= 4 is 17.7 Å². The Hall–Kier alpha value is -1.89. The normalized spacial score (nSPS) is 22.9. The van der Waals surface area contributed by atoms with Crippen LogP contribution < -0.4 is 5.32 Å². The number of hydrogen-bond acceptors (Lipinski definition) is 5. The molecule has 1 saturated heterocycles. The lowest BCUT2D eigenvalue weighted by Crippen LogP contribution is -2.52. The average molecular weight is 281 g/mol. The molecule has 7 heteroatoms. The molecule has 0 spiro atoms. The number of nitrogens with one attached hydrogen (secondary N) is 1. The summed E-state index contributed by atoms with van der Waals surface area (Å²) in [6.07, 6.45) is 1.85. The molecule has 0 bridgehead atoms. The number of hydrogen-bond donors (Lipinski definition) is 2. The van der Waals surface area contributed by atoms with Gasteiger partial charge in [-0.2, -0.15) is 0 Å². The lowest BCUT2D eigenvalue weighted by atomic mass is 9.93. The quantitative estimate of drug-likeness (QED) is 0.843. The molecule has 2 heterocycles. The second kappa shape index (κ2) is 5.62. The van der Waals surface area contributed by atoms with E-state index in [1.807, 2.05) is 6.92 Å². The zero-order valence-corrected chi connectivity index (χ0v) is 11.7. The van der Waals surface area contributed by atoms with E-state index >= 15 is 0 Å². The number of carbonyl (C=O) groups excluding carboxylic acids is 1. The summed E-state index contributed by atoms with van der Waals surface area (Å²) in [5.74, 6) is -0.180. The number of aromatic nitrogens is 1. The first kappa shape index (κ1) is 14.5. The predicted octanol–water partition coefficient (Wildman–Crippen LogP) is 1.25. The Morgan fingerprint density at radius 2 is 2.35 bits per heavy atom. The van der Waals surface area contributed by atoms with E-state index < -0.39 is 11.5 Å². The van der Waals surface area contributed by atoms with E-state index in [9.17, 15) is 14.7 Å². The smallest absolute Gasteiger partial charge is 0.324 e. The highest BCUT2D eigenvalue weighted by Gasteiger charge is 2.46. The Labute approximate surface area is 116 Å². The second-order valence-electron chi connectivity index (χ2n) is 5.09. The maximum atomic E-state index is 12.0. The maximum absolute atomic E-state index is 12.0. The second-order valence-corrected chi connectivity index (χ2v) is 5.09. The third-order valence-electron chi connectivity index (χ3n) is 3.84. The molecule has 0 radical (unpaired) electrons. The van der Waals surface area contributed by atoms with E-state index in [0.717, 1.165) is 6.42 Å². The van der Waals surface area contributed by atoms with Crippen molar-refractivity contribution in [1.82, 2.24) is 10.1 Å². The van der Waals surface area contributed by atoms with Crippen molar-refractivity contribution in [3.63, 3.8) is 0 Å². The van der Waals surface area contributed by atoms with Crippen LogP contribution in [0.3, 0.4) is 0 Å². The molecule has 1 unspecified atom stereocenters. The van der Waals surface area contributed by atoms with Gasteiger partial charge in [0.1, 0.15) is 11.3 Å². The largest absolute Gasteiger partial charge is 0.480 e. The van der Waals surface area contributed by atoms with E-state index in [-0.39, 0.29) is 12.5 Å². The summed E-state index contributed by atoms with van der Waals surface area (Å²) in [4.78, 5) is 25.2. The van der Waals surface area contributed by atoms with Crippen LogP contribution in [0.1, 0.15) is 31.9 Å². The van der Waals surface area contributed by atoms with Gasteiger partial charge >= 0.3 is 5.97 Å². The van der Waals surface area contributed by atoms with Crippen LogP contribution in [0.5, 0.6) is 0 Å². The van der Waals surface area contributed by atoms with Crippen molar-refractivity contribution in [1.29, 1.82) is 0 Å². The minimum absolute atomic E-state index is 0.0477. The molecular formula is C13H19N3O4. The topological polar surface area (TPSA) is 95.7 Å². The summed E-state index contributed by atoms with van der Waals surface area (Å²) in [5, 5.41) is 15.7. The van der Waals surface area contributed by atoms with Gasteiger partial charge in [0.05, 0.1) is 6.54 Å². The Kier molecular flexibility index (Phi) is 4.08. The molecule has 2 rings (SSSR count). The molecule has 7 nitrogen and oxygen atoms in total. The number of anilines is 1. The number of carboxylic acids is 1. The molecule has 2 N–H and O–H groups in total. The van der Waals surface area contributed by atoms with E-state index in [4.69, 9.17) is 4.52 Å². The summed E-state index contributed by atoms with van der Waals surface area (Å²) >= 11 is 0. The molecule has 0 aliphatic carbocycles. The van der Waals surface area contributed by atoms with E-state index in [1.54, 1.807) is 17.9 Å². The Morgan fingerprint density at radius 3 is 2.90 bits per heavy atom. The number of amides is 1. The number of carboxylic acid groups (broad SMARTS) is 1. The van der Waals surface area contributed by atoms with Gasteiger partial charge in [0.2, 0.25) is 5.91 Å². The van der Waals surface area contributed by atoms with Crippen LogP contribution in [0.4, 0.5) is 5.82 Å². The lowest BCUT2D eigenvalue weighted by Gasteiger charge is -2.33. The van der Waals surface area contributed by atoms with Crippen LogP contribution in [0, 0.1) is 6.92 Å². The van der Waals surface area contributed by atoms with Crippen LogP contribution in [0.2, 0.25) is 0 Å². The highest BCUT2D eigenvalue weighted by Crippen LogP contribution is 2.32. The first-order chi connectivity index (χ1) is 9.48. The van der Waals surface area contributed by atoms with Crippen molar-refractivity contribution in [3.8, 4) is 0 Å². The average Bonchev–Trinajstić information content (AvgIpc) is 2.96. The van der Waals surface area contributed by atoms with Gasteiger partial charge in [-0.05, 0) is 32.7 Å². The first-order valence-electron chi connectivity index (χ1n) is 6.69. The van der Waals surface area contributed by atoms with Crippen molar-refractivity contribution in [3.05, 3.63) is 11.8 Å². The van der Waals surface area contributed by atoms with E-state index in [1.165, 1.54) is 0 Å². The third kappa shape index (κ3) is 2.67. The van der Waals surface area contributed by atoms with Gasteiger partial charge in [0, 0.05) is 6.07 Å². The fourth-order valence-electron chi connectivity index (χ4n) is 2.74. The van der Waals surface area contributed by atoms with Gasteiger partial charge in [0.15, 0.2) is 5.82 Å². The summed E-state index contributed by atoms with van der Waals surface area (Å²) < 4.78 is 4.86. The molecule has 0 saturated carbocycles. The molecule has 0 aromatic carbocycles. The summed E-state index contributed by atoms with van der Waals surface area (Å²) in [6.45, 7) is 4.23. The van der Waals surface area contributed by atoms with Gasteiger partial charge in [-0.1, -0.05) is 12.1 Å². The third-order valence-corrected chi connectivity index (χ3v) is 3.84. The molecule has 1 aromatic rings. The first-order valence-corrected chi connectivity index (χ1v) is 6.69. The van der Waals surface area contributed by atoms with Crippen LogP contribution in [0.15, 0.2) is 10.6 Å². The number of rotatable bonds is 5. The number of aryl methyl sites for hydroxylation is 1. The molecule has 110 valence electrons. The van der Waals surface area contributed by atoms with Gasteiger partial charge in [0.25, 0.3) is 0 Å². The molecule has 20 heavy (non-hydrogen) atoms. The highest BCUT2D eigenvalue weighted by molar-refractivity contribution is 5.92. The summed E-state index contributed by atoms with van der Waals surface area (Å²) in [6, 6.07) is 1.62. The van der Waals surface area contributed by atoms with Gasteiger partial charge in [-0.15, -0.1) is 0 Å². The van der Waals surface area contributed by atoms with Crippen molar-refractivity contribution in [2.45, 2.75) is 38.6 Å². The van der Waals surface area contributed by atoms with E-state index in [0.29, 0.717) is 31.0 Å². The monoisotopic (exact) mass is 281 g/mol. The molecule has 1 aliphatic rings. The van der Waals surface area contributed by atoms with Gasteiger partial charge in [-0.25, -0.2) is 0 Å². The maximum Gasteiger partial charge on any atom is 0.324 e. The fraction of sp³-hybridized carbons (Fsp3) is 0.615. The molecule has 1 aliphatic heterocycles. The molecule has 1 amide bonds. The molecular weight excluding hydrogens is 262 g/mol. The minimum atomic E-state index is -0.920. The number of likely N-dealkylation sites (tertiary alicyclic amines) is 1. The van der Waals surface area contributed by atoms with Gasteiger partial charge < -0.3 is 14.9 Å². The molecule has 1 atom stereocenters. The standard InChI is InChI=1S/C13H19N3O4/c1-3-13(12(18)19)5-4-6-16(13)8-11(17)14-10-7-9(2)20-15-10/h7H,3-6,8H2,1-2H3,(H,18,19)(H,14,15,17). The lowest BCUT2D eigenvalue weighted by molar-refractivity contribution is -0.150. The van der Waals surface area contributed by atoms with Crippen LogP contribution in [-0.4, -0.2) is 45.7 Å². The summed E-state index contributed by atoms with van der Waals surface area (Å²) in [7, 11) is 0. The zero-order valence-electron chi connectivity index (χ0n) is 11.7. The zero-order chi connectivity index (χ0) is 14.8. The van der Waals surface area contributed by atoms with Crippen LogP contribution >= 0.6 is 0 Å². The Bertz CT molecular complexity index is 513. The van der Waals surface area contributed by atoms with Crippen molar-refractivity contribution in [2.75, 3.05) is 18.4 Å².